The molecule has 2 aliphatic carbocycles. The van der Waals surface area contributed by atoms with Crippen LogP contribution in [0.2, 0.25) is 0 Å². The minimum absolute atomic E-state index is 0.0337. The number of aliphatic hydroxyl groups excluding tert-OH is 1. The van der Waals surface area contributed by atoms with Gasteiger partial charge in [-0.25, -0.2) is 0 Å². The molecular formula is C20H25N3O2. The zero-order valence-corrected chi connectivity index (χ0v) is 14.4. The van der Waals surface area contributed by atoms with Crippen LogP contribution in [0.1, 0.15) is 48.9 Å². The number of aliphatic hydroxyl groups is 1. The molecule has 2 aliphatic rings. The van der Waals surface area contributed by atoms with E-state index in [-0.39, 0.29) is 18.1 Å². The lowest BCUT2D eigenvalue weighted by molar-refractivity contribution is 0.0867. The van der Waals surface area contributed by atoms with Gasteiger partial charge >= 0.3 is 0 Å². The van der Waals surface area contributed by atoms with Gasteiger partial charge < -0.3 is 10.4 Å². The summed E-state index contributed by atoms with van der Waals surface area (Å²) in [7, 11) is 0. The SMILES string of the molecule is O=C(NC1CCC(O)CC1)c1cccc(-c2cnn(CC3CC3)c2)c1. The summed E-state index contributed by atoms with van der Waals surface area (Å²) >= 11 is 0. The van der Waals surface area contributed by atoms with Crippen LogP contribution in [0.4, 0.5) is 0 Å². The second kappa shape index (κ2) is 7.00. The quantitative estimate of drug-likeness (QED) is 0.880. The van der Waals surface area contributed by atoms with E-state index in [1.165, 1.54) is 12.8 Å². The first-order chi connectivity index (χ1) is 12.2. The monoisotopic (exact) mass is 339 g/mol. The first-order valence-electron chi connectivity index (χ1n) is 9.29. The average molecular weight is 339 g/mol. The Morgan fingerprint density at radius 1 is 1.16 bits per heavy atom. The van der Waals surface area contributed by atoms with Crippen LogP contribution >= 0.6 is 0 Å². The zero-order valence-electron chi connectivity index (χ0n) is 14.4. The predicted octanol–water partition coefficient (Wildman–Crippen LogP) is 2.99. The van der Waals surface area contributed by atoms with Gasteiger partial charge in [0.1, 0.15) is 0 Å². The van der Waals surface area contributed by atoms with E-state index in [0.717, 1.165) is 49.3 Å². The third-order valence-electron chi connectivity index (χ3n) is 5.27. The molecule has 4 rings (SSSR count). The second-order valence-electron chi connectivity index (χ2n) is 7.45. The molecule has 1 aromatic carbocycles. The van der Waals surface area contributed by atoms with Crippen LogP contribution < -0.4 is 5.32 Å². The van der Waals surface area contributed by atoms with Crippen LogP contribution in [0.15, 0.2) is 36.7 Å². The molecule has 0 radical (unpaired) electrons. The van der Waals surface area contributed by atoms with Crippen LogP contribution in [0.5, 0.6) is 0 Å². The largest absolute Gasteiger partial charge is 0.393 e. The zero-order chi connectivity index (χ0) is 17.2. The van der Waals surface area contributed by atoms with Crippen molar-refractivity contribution < 1.29 is 9.90 Å². The standard InChI is InChI=1S/C20H25N3O2/c24-19-8-6-18(7-9-19)22-20(25)16-3-1-2-15(10-16)17-11-21-23(13-17)12-14-4-5-14/h1-3,10-11,13-14,18-19,24H,4-9,12H2,(H,22,25). The molecule has 5 nitrogen and oxygen atoms in total. The van der Waals surface area contributed by atoms with E-state index in [9.17, 15) is 9.90 Å². The summed E-state index contributed by atoms with van der Waals surface area (Å²) in [4.78, 5) is 12.5. The molecule has 0 saturated heterocycles. The Morgan fingerprint density at radius 3 is 2.72 bits per heavy atom. The van der Waals surface area contributed by atoms with Gasteiger partial charge in [0, 0.05) is 29.9 Å². The number of nitrogens with one attached hydrogen (secondary N) is 1. The first kappa shape index (κ1) is 16.3. The highest BCUT2D eigenvalue weighted by Crippen LogP contribution is 2.31. The molecule has 25 heavy (non-hydrogen) atoms. The Kier molecular flexibility index (Phi) is 4.57. The van der Waals surface area contributed by atoms with Gasteiger partial charge in [0.25, 0.3) is 5.91 Å². The maximum absolute atomic E-state index is 12.5. The number of carbonyl (C=O) groups excluding carboxylic acids is 1. The third kappa shape index (κ3) is 4.10. The van der Waals surface area contributed by atoms with Crippen molar-refractivity contribution >= 4 is 5.91 Å². The number of carbonyl (C=O) groups is 1. The van der Waals surface area contributed by atoms with E-state index >= 15 is 0 Å². The normalized spacial score (nSPS) is 23.4. The summed E-state index contributed by atoms with van der Waals surface area (Å²) in [5.41, 5.74) is 2.75. The van der Waals surface area contributed by atoms with E-state index in [4.69, 9.17) is 0 Å². The number of hydrogen-bond donors (Lipinski definition) is 2. The Morgan fingerprint density at radius 2 is 1.96 bits per heavy atom. The lowest BCUT2D eigenvalue weighted by Gasteiger charge is -2.26. The maximum Gasteiger partial charge on any atom is 0.251 e. The van der Waals surface area contributed by atoms with Crippen LogP contribution in [-0.4, -0.2) is 32.9 Å². The summed E-state index contributed by atoms with van der Waals surface area (Å²) < 4.78 is 2.01. The van der Waals surface area contributed by atoms with E-state index in [1.54, 1.807) is 0 Å². The first-order valence-corrected chi connectivity index (χ1v) is 9.29. The molecule has 0 aliphatic heterocycles. The Labute approximate surface area is 148 Å². The highest BCUT2D eigenvalue weighted by atomic mass is 16.3. The molecule has 2 saturated carbocycles. The summed E-state index contributed by atoms with van der Waals surface area (Å²) in [5.74, 6) is 0.757. The lowest BCUT2D eigenvalue weighted by atomic mass is 9.93. The van der Waals surface area contributed by atoms with Crippen LogP contribution in [0.3, 0.4) is 0 Å². The van der Waals surface area contributed by atoms with Crippen LogP contribution in [0, 0.1) is 5.92 Å². The maximum atomic E-state index is 12.5. The van der Waals surface area contributed by atoms with Crippen molar-refractivity contribution in [2.45, 2.75) is 57.2 Å². The average Bonchev–Trinajstić information content (AvgIpc) is 3.32. The molecule has 1 amide bonds. The number of amides is 1. The molecule has 2 aromatic rings. The van der Waals surface area contributed by atoms with E-state index in [2.05, 4.69) is 16.6 Å². The van der Waals surface area contributed by atoms with Crippen molar-refractivity contribution in [2.75, 3.05) is 0 Å². The van der Waals surface area contributed by atoms with Crippen molar-refractivity contribution in [3.8, 4) is 11.1 Å². The molecule has 0 atom stereocenters. The van der Waals surface area contributed by atoms with Gasteiger partial charge in [-0.2, -0.15) is 5.10 Å². The van der Waals surface area contributed by atoms with Crippen LogP contribution in [0.25, 0.3) is 11.1 Å². The number of rotatable bonds is 5. The van der Waals surface area contributed by atoms with E-state index in [1.807, 2.05) is 35.1 Å². The van der Waals surface area contributed by atoms with E-state index in [0.29, 0.717) is 5.56 Å². The van der Waals surface area contributed by atoms with Crippen molar-refractivity contribution in [3.05, 3.63) is 42.2 Å². The number of aromatic nitrogens is 2. The smallest absolute Gasteiger partial charge is 0.251 e. The highest BCUT2D eigenvalue weighted by Gasteiger charge is 2.23. The van der Waals surface area contributed by atoms with Gasteiger partial charge in [-0.15, -0.1) is 0 Å². The van der Waals surface area contributed by atoms with Gasteiger partial charge in [-0.3, -0.25) is 9.48 Å². The van der Waals surface area contributed by atoms with Crippen molar-refractivity contribution in [1.82, 2.24) is 15.1 Å². The molecule has 132 valence electrons. The topological polar surface area (TPSA) is 67.2 Å². The van der Waals surface area contributed by atoms with Gasteiger partial charge in [-0.1, -0.05) is 12.1 Å². The van der Waals surface area contributed by atoms with Gasteiger partial charge in [0.15, 0.2) is 0 Å². The number of benzene rings is 1. The second-order valence-corrected chi connectivity index (χ2v) is 7.45. The van der Waals surface area contributed by atoms with Crippen molar-refractivity contribution in [1.29, 1.82) is 0 Å². The summed E-state index contributed by atoms with van der Waals surface area (Å²) in [6, 6.07) is 7.90. The summed E-state index contributed by atoms with van der Waals surface area (Å²) in [6.45, 7) is 0.994. The third-order valence-corrected chi connectivity index (χ3v) is 5.27. The molecule has 0 bridgehead atoms. The van der Waals surface area contributed by atoms with Crippen molar-refractivity contribution in [3.63, 3.8) is 0 Å². The molecule has 5 heteroatoms. The van der Waals surface area contributed by atoms with Gasteiger partial charge in [0.2, 0.25) is 0 Å². The predicted molar refractivity (Wildman–Crippen MR) is 96.1 cm³/mol. The van der Waals surface area contributed by atoms with Crippen molar-refractivity contribution in [2.24, 2.45) is 5.92 Å². The van der Waals surface area contributed by atoms with Gasteiger partial charge in [0.05, 0.1) is 12.3 Å². The van der Waals surface area contributed by atoms with E-state index < -0.39 is 0 Å². The fourth-order valence-electron chi connectivity index (χ4n) is 3.51. The highest BCUT2D eigenvalue weighted by molar-refractivity contribution is 5.95. The van der Waals surface area contributed by atoms with Gasteiger partial charge in [-0.05, 0) is 62.1 Å². The Bertz CT molecular complexity index is 743. The molecule has 1 heterocycles. The van der Waals surface area contributed by atoms with Crippen LogP contribution in [-0.2, 0) is 6.54 Å². The molecule has 0 unspecified atom stereocenters. The molecule has 1 aromatic heterocycles. The number of nitrogens with zero attached hydrogens (tertiary/aromatic N) is 2. The minimum atomic E-state index is -0.205. The fraction of sp³-hybridized carbons (Fsp3) is 0.500. The Balaban J connectivity index is 1.43. The minimum Gasteiger partial charge on any atom is -0.393 e. The summed E-state index contributed by atoms with van der Waals surface area (Å²) in [6.07, 6.45) is 9.59. The Hall–Kier alpha value is -2.14. The molecular weight excluding hydrogens is 314 g/mol. The lowest BCUT2D eigenvalue weighted by Crippen LogP contribution is -2.38. The molecule has 0 spiro atoms. The summed E-state index contributed by atoms with van der Waals surface area (Å²) in [5, 5.41) is 17.1. The molecule has 2 fully saturated rings. The fourth-order valence-corrected chi connectivity index (χ4v) is 3.51. The molecule has 2 N–H and O–H groups in total. The number of hydrogen-bond acceptors (Lipinski definition) is 3.